The number of aromatic nitrogens is 1. The van der Waals surface area contributed by atoms with Crippen LogP contribution in [0.25, 0.3) is 0 Å². The topological polar surface area (TPSA) is 82.6 Å². The van der Waals surface area contributed by atoms with Crippen LogP contribution in [0.5, 0.6) is 0 Å². The second kappa shape index (κ2) is 8.81. The second-order valence-corrected chi connectivity index (χ2v) is 10.5. The largest absolute Gasteiger partial charge is 0.361 e. The first-order chi connectivity index (χ1) is 13.7. The normalized spacial score (nSPS) is 14.5. The SMILES string of the molecule is CC(C)N(C(C)C)S(=O)(=O)c1ccc(NCC(=O)N2CCc3sccc3C2)nc1. The Balaban J connectivity index is 1.61. The van der Waals surface area contributed by atoms with Gasteiger partial charge in [-0.05, 0) is 63.3 Å². The molecule has 9 heteroatoms. The smallest absolute Gasteiger partial charge is 0.245 e. The molecule has 0 atom stereocenters. The highest BCUT2D eigenvalue weighted by molar-refractivity contribution is 7.89. The highest BCUT2D eigenvalue weighted by atomic mass is 32.2. The summed E-state index contributed by atoms with van der Waals surface area (Å²) in [7, 11) is -3.62. The Labute approximate surface area is 176 Å². The molecule has 1 N–H and O–H groups in total. The number of nitrogens with zero attached hydrogens (tertiary/aromatic N) is 3. The molecule has 0 fully saturated rings. The van der Waals surface area contributed by atoms with Crippen LogP contribution in [-0.2, 0) is 27.8 Å². The number of amides is 1. The van der Waals surface area contributed by atoms with Gasteiger partial charge in [-0.2, -0.15) is 4.31 Å². The molecule has 1 aliphatic rings. The van der Waals surface area contributed by atoms with Gasteiger partial charge < -0.3 is 10.2 Å². The molecular formula is C20H28N4O3S2. The lowest BCUT2D eigenvalue weighted by molar-refractivity contribution is -0.130. The summed E-state index contributed by atoms with van der Waals surface area (Å²) in [5, 5.41) is 5.07. The fourth-order valence-corrected chi connectivity index (χ4v) is 6.32. The molecule has 29 heavy (non-hydrogen) atoms. The predicted octanol–water partition coefficient (Wildman–Crippen LogP) is 2.95. The van der Waals surface area contributed by atoms with Gasteiger partial charge >= 0.3 is 0 Å². The molecule has 0 aromatic carbocycles. The molecule has 3 heterocycles. The number of hydrogen-bond donors (Lipinski definition) is 1. The molecule has 2 aromatic rings. The minimum Gasteiger partial charge on any atom is -0.361 e. The highest BCUT2D eigenvalue weighted by Gasteiger charge is 2.29. The molecule has 1 amide bonds. The second-order valence-electron chi connectivity index (χ2n) is 7.69. The fraction of sp³-hybridized carbons (Fsp3) is 0.500. The van der Waals surface area contributed by atoms with Crippen molar-refractivity contribution >= 4 is 33.1 Å². The molecular weight excluding hydrogens is 408 g/mol. The number of pyridine rings is 1. The van der Waals surface area contributed by atoms with E-state index in [0.717, 1.165) is 13.0 Å². The van der Waals surface area contributed by atoms with E-state index in [0.29, 0.717) is 12.4 Å². The van der Waals surface area contributed by atoms with Gasteiger partial charge in [0.2, 0.25) is 15.9 Å². The molecule has 0 bridgehead atoms. The summed E-state index contributed by atoms with van der Waals surface area (Å²) in [6.07, 6.45) is 2.24. The van der Waals surface area contributed by atoms with Crippen molar-refractivity contribution in [2.24, 2.45) is 0 Å². The van der Waals surface area contributed by atoms with Crippen molar-refractivity contribution in [2.75, 3.05) is 18.4 Å². The Kier molecular flexibility index (Phi) is 6.60. The van der Waals surface area contributed by atoms with Crippen LogP contribution in [0.2, 0.25) is 0 Å². The Morgan fingerprint density at radius 2 is 1.97 bits per heavy atom. The Morgan fingerprint density at radius 1 is 1.24 bits per heavy atom. The van der Waals surface area contributed by atoms with Crippen molar-refractivity contribution in [3.05, 3.63) is 40.2 Å². The van der Waals surface area contributed by atoms with Crippen LogP contribution in [0.15, 0.2) is 34.7 Å². The summed E-state index contributed by atoms with van der Waals surface area (Å²) < 4.78 is 27.2. The van der Waals surface area contributed by atoms with Gasteiger partial charge in [-0.15, -0.1) is 11.3 Å². The molecule has 1 aliphatic heterocycles. The zero-order chi connectivity index (χ0) is 21.2. The number of fused-ring (bicyclic) bond motifs is 1. The van der Waals surface area contributed by atoms with Crippen molar-refractivity contribution in [1.29, 1.82) is 0 Å². The van der Waals surface area contributed by atoms with Gasteiger partial charge in [-0.3, -0.25) is 4.79 Å². The van der Waals surface area contributed by atoms with Gasteiger partial charge in [0, 0.05) is 36.2 Å². The van der Waals surface area contributed by atoms with E-state index in [-0.39, 0.29) is 29.4 Å². The summed E-state index contributed by atoms with van der Waals surface area (Å²) in [5.41, 5.74) is 1.22. The van der Waals surface area contributed by atoms with E-state index in [1.165, 1.54) is 27.0 Å². The Bertz CT molecular complexity index is 944. The molecule has 0 radical (unpaired) electrons. The molecule has 0 aliphatic carbocycles. The average molecular weight is 437 g/mol. The molecule has 0 saturated heterocycles. The maximum Gasteiger partial charge on any atom is 0.245 e. The van der Waals surface area contributed by atoms with Crippen molar-refractivity contribution in [3.63, 3.8) is 0 Å². The number of anilines is 1. The van der Waals surface area contributed by atoms with E-state index in [1.807, 2.05) is 32.6 Å². The first-order valence-corrected chi connectivity index (χ1v) is 12.1. The number of sulfonamides is 1. The zero-order valence-corrected chi connectivity index (χ0v) is 18.9. The fourth-order valence-electron chi connectivity index (χ4n) is 3.65. The number of hydrogen-bond acceptors (Lipinski definition) is 6. The minimum absolute atomic E-state index is 0.00568. The first-order valence-electron chi connectivity index (χ1n) is 9.76. The Morgan fingerprint density at radius 3 is 2.59 bits per heavy atom. The summed E-state index contributed by atoms with van der Waals surface area (Å²) in [6.45, 7) is 8.91. The van der Waals surface area contributed by atoms with E-state index in [2.05, 4.69) is 21.7 Å². The van der Waals surface area contributed by atoms with Gasteiger partial charge in [-0.25, -0.2) is 13.4 Å². The number of rotatable bonds is 7. The van der Waals surface area contributed by atoms with Crippen LogP contribution in [0.3, 0.4) is 0 Å². The third kappa shape index (κ3) is 4.79. The standard InChI is InChI=1S/C20H28N4O3S2/c1-14(2)24(15(3)4)29(26,27)17-5-6-19(21-11-17)22-12-20(25)23-9-7-18-16(13-23)8-10-28-18/h5-6,8,10-11,14-15H,7,9,12-13H2,1-4H3,(H,21,22). The number of carbonyl (C=O) groups is 1. The quantitative estimate of drug-likeness (QED) is 0.722. The maximum atomic E-state index is 12.9. The monoisotopic (exact) mass is 436 g/mol. The summed E-state index contributed by atoms with van der Waals surface area (Å²) in [5.74, 6) is 0.484. The number of thiophene rings is 1. The van der Waals surface area contributed by atoms with Crippen LogP contribution in [0, 0.1) is 0 Å². The van der Waals surface area contributed by atoms with Crippen molar-refractivity contribution in [1.82, 2.24) is 14.2 Å². The molecule has 158 valence electrons. The van der Waals surface area contributed by atoms with Gasteiger partial charge in [0.1, 0.15) is 10.7 Å². The lowest BCUT2D eigenvalue weighted by Crippen LogP contribution is -2.42. The van der Waals surface area contributed by atoms with E-state index in [4.69, 9.17) is 0 Å². The van der Waals surface area contributed by atoms with Crippen LogP contribution in [0.1, 0.15) is 38.1 Å². The molecule has 7 nitrogen and oxygen atoms in total. The molecule has 3 rings (SSSR count). The van der Waals surface area contributed by atoms with E-state index >= 15 is 0 Å². The average Bonchev–Trinajstić information content (AvgIpc) is 3.13. The summed E-state index contributed by atoms with van der Waals surface area (Å²) in [4.78, 5) is 20.1. The third-order valence-electron chi connectivity index (χ3n) is 4.91. The van der Waals surface area contributed by atoms with Crippen LogP contribution >= 0.6 is 11.3 Å². The summed E-state index contributed by atoms with van der Waals surface area (Å²) >= 11 is 1.74. The van der Waals surface area contributed by atoms with Crippen LogP contribution in [0.4, 0.5) is 5.82 Å². The summed E-state index contributed by atoms with van der Waals surface area (Å²) in [6, 6.07) is 4.91. The van der Waals surface area contributed by atoms with Gasteiger partial charge in [-0.1, -0.05) is 0 Å². The van der Waals surface area contributed by atoms with Gasteiger partial charge in [0.05, 0.1) is 6.54 Å². The molecule has 0 saturated carbocycles. The van der Waals surface area contributed by atoms with E-state index < -0.39 is 10.0 Å². The lowest BCUT2D eigenvalue weighted by atomic mass is 10.1. The van der Waals surface area contributed by atoms with Crippen LogP contribution < -0.4 is 5.32 Å². The van der Waals surface area contributed by atoms with Crippen LogP contribution in [-0.4, -0.2) is 53.7 Å². The number of nitrogens with one attached hydrogen (secondary N) is 1. The highest BCUT2D eigenvalue weighted by Crippen LogP contribution is 2.24. The maximum absolute atomic E-state index is 12.9. The van der Waals surface area contributed by atoms with E-state index in [9.17, 15) is 13.2 Å². The molecule has 0 unspecified atom stereocenters. The van der Waals surface area contributed by atoms with Crippen molar-refractivity contribution < 1.29 is 13.2 Å². The number of carbonyl (C=O) groups excluding carboxylic acids is 1. The van der Waals surface area contributed by atoms with Crippen molar-refractivity contribution in [3.8, 4) is 0 Å². The molecule has 0 spiro atoms. The minimum atomic E-state index is -3.62. The van der Waals surface area contributed by atoms with Crippen molar-refractivity contribution in [2.45, 2.75) is 57.6 Å². The first kappa shape index (κ1) is 21.7. The Hall–Kier alpha value is -1.97. The zero-order valence-electron chi connectivity index (χ0n) is 17.3. The lowest BCUT2D eigenvalue weighted by Gasteiger charge is -2.29. The van der Waals surface area contributed by atoms with Gasteiger partial charge in [0.25, 0.3) is 0 Å². The van der Waals surface area contributed by atoms with E-state index in [1.54, 1.807) is 17.4 Å². The van der Waals surface area contributed by atoms with Gasteiger partial charge in [0.15, 0.2) is 0 Å². The third-order valence-corrected chi connectivity index (χ3v) is 8.17. The predicted molar refractivity (Wildman–Crippen MR) is 115 cm³/mol. The molecule has 2 aromatic heterocycles.